The minimum atomic E-state index is -4.71. The molecule has 1 amide bonds. The maximum atomic E-state index is 12.6. The predicted octanol–water partition coefficient (Wildman–Crippen LogP) is 2.50. The van der Waals surface area contributed by atoms with Gasteiger partial charge in [-0.15, -0.1) is 0 Å². The first-order valence-corrected chi connectivity index (χ1v) is 6.75. The highest BCUT2D eigenvalue weighted by Crippen LogP contribution is 2.34. The van der Waals surface area contributed by atoms with Gasteiger partial charge < -0.3 is 0 Å². The molecule has 2 rings (SSSR count). The molecule has 1 heterocycles. The second kappa shape index (κ2) is 7.03. The second-order valence-corrected chi connectivity index (χ2v) is 4.88. The molecule has 0 radical (unpaired) electrons. The molecule has 0 fully saturated rings. The summed E-state index contributed by atoms with van der Waals surface area (Å²) in [6.07, 6.45) is 1.04. The van der Waals surface area contributed by atoms with E-state index in [1.807, 2.05) is 0 Å². The zero-order valence-corrected chi connectivity index (χ0v) is 12.7. The van der Waals surface area contributed by atoms with E-state index in [0.29, 0.717) is 17.7 Å². The number of nitrogens with one attached hydrogen (secondary N) is 2. The Balaban J connectivity index is 2.08. The third-order valence-corrected chi connectivity index (χ3v) is 2.99. The normalized spacial score (nSPS) is 11.5. The van der Waals surface area contributed by atoms with Crippen molar-refractivity contribution in [2.75, 3.05) is 5.43 Å². The predicted molar refractivity (Wildman–Crippen MR) is 82.1 cm³/mol. The van der Waals surface area contributed by atoms with Crippen LogP contribution in [0.3, 0.4) is 0 Å². The van der Waals surface area contributed by atoms with Gasteiger partial charge in [-0.1, -0.05) is 0 Å². The van der Waals surface area contributed by atoms with Crippen molar-refractivity contribution in [2.24, 2.45) is 7.05 Å². The zero-order chi connectivity index (χ0) is 18.6. The average Bonchev–Trinajstić information content (AvgIpc) is 2.95. The van der Waals surface area contributed by atoms with Crippen LogP contribution >= 0.6 is 0 Å². The van der Waals surface area contributed by atoms with Crippen LogP contribution in [-0.2, 0) is 18.0 Å². The number of hydrogen-bond donors (Lipinski definition) is 2. The smallest absolute Gasteiger partial charge is 0.292 e. The summed E-state index contributed by atoms with van der Waals surface area (Å²) in [5, 5.41) is 14.8. The molecule has 11 heteroatoms. The summed E-state index contributed by atoms with van der Waals surface area (Å²) >= 11 is 0. The van der Waals surface area contributed by atoms with Crippen molar-refractivity contribution in [2.45, 2.75) is 6.18 Å². The number of aryl methyl sites for hydroxylation is 1. The Labute approximate surface area is 139 Å². The van der Waals surface area contributed by atoms with Crippen LogP contribution in [0.4, 0.5) is 24.5 Å². The van der Waals surface area contributed by atoms with Gasteiger partial charge in [0.1, 0.15) is 5.69 Å². The van der Waals surface area contributed by atoms with Crippen molar-refractivity contribution in [1.29, 1.82) is 0 Å². The Morgan fingerprint density at radius 3 is 2.68 bits per heavy atom. The number of hydrogen-bond acceptors (Lipinski definition) is 5. The number of alkyl halides is 3. The Morgan fingerprint density at radius 2 is 2.12 bits per heavy atom. The molecule has 0 aliphatic rings. The Hall–Kier alpha value is -3.37. The van der Waals surface area contributed by atoms with E-state index >= 15 is 0 Å². The number of benzene rings is 1. The van der Waals surface area contributed by atoms with Crippen molar-refractivity contribution in [1.82, 2.24) is 15.2 Å². The first-order valence-electron chi connectivity index (χ1n) is 6.75. The van der Waals surface area contributed by atoms with E-state index in [9.17, 15) is 28.1 Å². The number of halogens is 3. The molecular weight excluding hydrogens is 343 g/mol. The molecule has 2 aromatic rings. The molecular formula is C14H12F3N5O3. The van der Waals surface area contributed by atoms with Crippen LogP contribution in [0.1, 0.15) is 11.1 Å². The lowest BCUT2D eigenvalue weighted by atomic mass is 10.1. The van der Waals surface area contributed by atoms with Crippen LogP contribution < -0.4 is 10.9 Å². The molecule has 0 saturated carbocycles. The largest absolute Gasteiger partial charge is 0.416 e. The topological polar surface area (TPSA) is 102 Å². The van der Waals surface area contributed by atoms with Gasteiger partial charge in [-0.2, -0.15) is 18.3 Å². The van der Waals surface area contributed by atoms with E-state index in [2.05, 4.69) is 16.0 Å². The highest BCUT2D eigenvalue weighted by atomic mass is 19.4. The van der Waals surface area contributed by atoms with Crippen molar-refractivity contribution < 1.29 is 22.9 Å². The first kappa shape index (κ1) is 18.0. The van der Waals surface area contributed by atoms with Gasteiger partial charge in [0.15, 0.2) is 0 Å². The molecule has 0 spiro atoms. The number of rotatable bonds is 5. The van der Waals surface area contributed by atoms with E-state index in [4.69, 9.17) is 0 Å². The molecule has 132 valence electrons. The fraction of sp³-hybridized carbons (Fsp3) is 0.143. The van der Waals surface area contributed by atoms with Gasteiger partial charge in [0.2, 0.25) is 0 Å². The molecule has 2 N–H and O–H groups in total. The van der Waals surface area contributed by atoms with Crippen LogP contribution in [-0.4, -0.2) is 20.6 Å². The molecule has 25 heavy (non-hydrogen) atoms. The summed E-state index contributed by atoms with van der Waals surface area (Å²) in [7, 11) is 1.70. The number of carbonyl (C=O) groups is 1. The molecule has 0 saturated heterocycles. The fourth-order valence-electron chi connectivity index (χ4n) is 1.83. The maximum absolute atomic E-state index is 12.6. The number of aromatic nitrogens is 2. The maximum Gasteiger partial charge on any atom is 0.416 e. The number of hydrazine groups is 1. The van der Waals surface area contributed by atoms with Gasteiger partial charge in [0.05, 0.1) is 16.7 Å². The molecule has 1 aromatic carbocycles. The Kier molecular flexibility index (Phi) is 5.05. The van der Waals surface area contributed by atoms with Crippen LogP contribution in [0.25, 0.3) is 6.08 Å². The molecule has 1 aromatic heterocycles. The molecule has 0 bridgehead atoms. The average molecular weight is 355 g/mol. The molecule has 0 unspecified atom stereocenters. The van der Waals surface area contributed by atoms with Crippen molar-refractivity contribution in [3.05, 3.63) is 57.9 Å². The fourth-order valence-corrected chi connectivity index (χ4v) is 1.83. The summed E-state index contributed by atoms with van der Waals surface area (Å²) in [5.41, 5.74) is 2.78. The summed E-state index contributed by atoms with van der Waals surface area (Å²) in [5.74, 6) is -0.655. The van der Waals surface area contributed by atoms with Gasteiger partial charge >= 0.3 is 6.18 Å². The third kappa shape index (κ3) is 4.80. The van der Waals surface area contributed by atoms with Crippen LogP contribution in [0.5, 0.6) is 0 Å². The van der Waals surface area contributed by atoms with Gasteiger partial charge in [0, 0.05) is 31.0 Å². The molecule has 0 aliphatic heterocycles. The van der Waals surface area contributed by atoms with Crippen LogP contribution in [0, 0.1) is 10.1 Å². The number of nitrogens with zero attached hydrogens (tertiary/aromatic N) is 3. The first-order chi connectivity index (χ1) is 11.7. The molecule has 8 nitrogen and oxygen atoms in total. The van der Waals surface area contributed by atoms with E-state index < -0.39 is 28.3 Å². The minimum Gasteiger partial charge on any atom is -0.292 e. The lowest BCUT2D eigenvalue weighted by molar-refractivity contribution is -0.384. The summed E-state index contributed by atoms with van der Waals surface area (Å²) in [6.45, 7) is 0. The van der Waals surface area contributed by atoms with Crippen LogP contribution in [0.2, 0.25) is 0 Å². The lowest BCUT2D eigenvalue weighted by Gasteiger charge is -2.10. The lowest BCUT2D eigenvalue weighted by Crippen LogP contribution is -2.28. The summed E-state index contributed by atoms with van der Waals surface area (Å²) < 4.78 is 39.4. The number of carbonyl (C=O) groups excluding carboxylic acids is 1. The quantitative estimate of drug-likeness (QED) is 0.487. The van der Waals surface area contributed by atoms with Gasteiger partial charge in [0.25, 0.3) is 11.6 Å². The van der Waals surface area contributed by atoms with Crippen LogP contribution in [0.15, 0.2) is 36.7 Å². The number of amides is 1. The summed E-state index contributed by atoms with van der Waals surface area (Å²) in [4.78, 5) is 21.6. The molecule has 0 aliphatic carbocycles. The van der Waals surface area contributed by atoms with Crippen molar-refractivity contribution in [3.8, 4) is 0 Å². The highest BCUT2D eigenvalue weighted by Gasteiger charge is 2.33. The number of nitro benzene ring substituents is 1. The van der Waals surface area contributed by atoms with Gasteiger partial charge in [-0.05, 0) is 18.2 Å². The highest BCUT2D eigenvalue weighted by molar-refractivity contribution is 5.92. The van der Waals surface area contributed by atoms with Gasteiger partial charge in [-0.25, -0.2) is 0 Å². The van der Waals surface area contributed by atoms with Crippen molar-refractivity contribution in [3.63, 3.8) is 0 Å². The number of anilines is 1. The van der Waals surface area contributed by atoms with E-state index in [0.717, 1.165) is 12.1 Å². The Morgan fingerprint density at radius 1 is 1.40 bits per heavy atom. The zero-order valence-electron chi connectivity index (χ0n) is 12.7. The third-order valence-electron chi connectivity index (χ3n) is 2.99. The van der Waals surface area contributed by atoms with E-state index in [1.165, 1.54) is 17.0 Å². The monoisotopic (exact) mass is 355 g/mol. The minimum absolute atomic E-state index is 0.277. The SMILES string of the molecule is Cn1cc(C=CC(=O)NNc2ccc(C(F)(F)F)cc2[N+](=O)[O-])cn1. The van der Waals surface area contributed by atoms with E-state index in [-0.39, 0.29) is 5.69 Å². The number of nitro groups is 1. The van der Waals surface area contributed by atoms with Gasteiger partial charge in [-0.3, -0.25) is 30.4 Å². The second-order valence-electron chi connectivity index (χ2n) is 4.88. The van der Waals surface area contributed by atoms with E-state index in [1.54, 1.807) is 13.2 Å². The Bertz CT molecular complexity index is 829. The standard InChI is InChI=1S/C14H12F3N5O3/c1-21-8-9(7-18-21)2-5-13(23)20-19-11-4-3-10(14(15,16)17)6-12(11)22(24)25/h2-8,19H,1H3,(H,20,23). The van der Waals surface area contributed by atoms with Crippen molar-refractivity contribution >= 4 is 23.4 Å². The summed E-state index contributed by atoms with van der Waals surface area (Å²) in [6, 6.07) is 1.93. The molecule has 0 atom stereocenters.